The summed E-state index contributed by atoms with van der Waals surface area (Å²) >= 11 is 0. The topological polar surface area (TPSA) is 120 Å². The number of methoxy groups -OCH3 is 1. The van der Waals surface area contributed by atoms with E-state index in [0.29, 0.717) is 6.07 Å². The third-order valence-electron chi connectivity index (χ3n) is 4.77. The molecule has 0 radical (unpaired) electrons. The molecule has 0 aliphatic carbocycles. The lowest BCUT2D eigenvalue weighted by Gasteiger charge is -2.14. The van der Waals surface area contributed by atoms with Crippen LogP contribution in [0.1, 0.15) is 11.3 Å². The van der Waals surface area contributed by atoms with Gasteiger partial charge >= 0.3 is 12.4 Å². The van der Waals surface area contributed by atoms with E-state index < -0.39 is 50.2 Å². The average molecular weight is 544 g/mol. The smallest absolute Gasteiger partial charge is 0.368 e. The minimum absolute atomic E-state index is 0.00181. The highest BCUT2D eigenvalue weighted by Crippen LogP contribution is 2.36. The number of alkyl halides is 6. The van der Waals surface area contributed by atoms with Gasteiger partial charge in [-0.1, -0.05) is 0 Å². The summed E-state index contributed by atoms with van der Waals surface area (Å²) in [6.45, 7) is 0. The summed E-state index contributed by atoms with van der Waals surface area (Å²) in [4.78, 5) is 19.0. The van der Waals surface area contributed by atoms with Gasteiger partial charge in [0.15, 0.2) is 11.8 Å². The Bertz CT molecular complexity index is 1560. The Morgan fingerprint density at radius 1 is 0.946 bits per heavy atom. The van der Waals surface area contributed by atoms with Gasteiger partial charge in [-0.25, -0.2) is 23.4 Å². The van der Waals surface area contributed by atoms with Crippen molar-refractivity contribution in [2.24, 2.45) is 0 Å². The SMILES string of the molecule is COCS(=O)(=O)c1nc(Nc2ccc(C(F)(F)F)nc2)c2ncc(-c3ncccc3C(F)(F)F)cc2n1. The molecule has 0 unspecified atom stereocenters. The summed E-state index contributed by atoms with van der Waals surface area (Å²) in [6, 6.07) is 4.80. The molecule has 0 spiro atoms. The summed E-state index contributed by atoms with van der Waals surface area (Å²) in [5.41, 5.74) is -3.05. The van der Waals surface area contributed by atoms with Crippen LogP contribution >= 0.6 is 0 Å². The second-order valence-corrected chi connectivity index (χ2v) is 9.25. The standard InChI is InChI=1S/C21H14F6N6O3S/c1-36-10-37(34,35)19-32-14-7-11(16-13(20(22,23)24)3-2-6-28-16)8-30-17(14)18(33-19)31-12-4-5-15(29-9-12)21(25,26)27/h2-9H,10H2,1H3,(H,31,32,33). The molecule has 194 valence electrons. The van der Waals surface area contributed by atoms with Gasteiger partial charge in [-0.3, -0.25) is 4.98 Å². The molecule has 9 nitrogen and oxygen atoms in total. The Labute approximate surface area is 204 Å². The normalized spacial score (nSPS) is 12.6. The van der Waals surface area contributed by atoms with Gasteiger partial charge in [0.2, 0.25) is 9.84 Å². The maximum absolute atomic E-state index is 13.5. The number of pyridine rings is 3. The van der Waals surface area contributed by atoms with Crippen molar-refractivity contribution in [2.75, 3.05) is 18.4 Å². The molecule has 4 rings (SSSR count). The van der Waals surface area contributed by atoms with Gasteiger partial charge in [-0.15, -0.1) is 0 Å². The summed E-state index contributed by atoms with van der Waals surface area (Å²) in [5.74, 6) is -1.06. The fraction of sp³-hybridized carbons (Fsp3) is 0.190. The molecule has 0 aliphatic rings. The zero-order valence-corrected chi connectivity index (χ0v) is 19.3. The van der Waals surface area contributed by atoms with Crippen LogP contribution in [0.5, 0.6) is 0 Å². The Balaban J connectivity index is 1.87. The average Bonchev–Trinajstić information content (AvgIpc) is 2.83. The van der Waals surface area contributed by atoms with Gasteiger partial charge in [0.25, 0.3) is 5.16 Å². The van der Waals surface area contributed by atoms with Gasteiger partial charge in [-0.2, -0.15) is 31.3 Å². The molecule has 4 aromatic heterocycles. The van der Waals surface area contributed by atoms with Crippen molar-refractivity contribution < 1.29 is 39.5 Å². The number of ether oxygens (including phenoxy) is 1. The zero-order valence-electron chi connectivity index (χ0n) is 18.5. The highest BCUT2D eigenvalue weighted by Gasteiger charge is 2.35. The van der Waals surface area contributed by atoms with Crippen LogP contribution in [-0.4, -0.2) is 46.4 Å². The van der Waals surface area contributed by atoms with Crippen LogP contribution in [0.25, 0.3) is 22.3 Å². The van der Waals surface area contributed by atoms with E-state index in [2.05, 4.69) is 35.0 Å². The molecule has 1 N–H and O–H groups in total. The molecular weight excluding hydrogens is 530 g/mol. The van der Waals surface area contributed by atoms with Gasteiger partial charge < -0.3 is 10.1 Å². The molecule has 37 heavy (non-hydrogen) atoms. The van der Waals surface area contributed by atoms with Gasteiger partial charge in [0.05, 0.1) is 28.7 Å². The Hall–Kier alpha value is -3.92. The van der Waals surface area contributed by atoms with Crippen molar-refractivity contribution in [3.05, 3.63) is 60.2 Å². The maximum atomic E-state index is 13.5. The second-order valence-electron chi connectivity index (χ2n) is 7.42. The summed E-state index contributed by atoms with van der Waals surface area (Å²) in [5, 5.41) is 1.88. The molecule has 4 aromatic rings. The molecule has 0 aromatic carbocycles. The van der Waals surface area contributed by atoms with E-state index in [1.807, 2.05) is 0 Å². The number of fused-ring (bicyclic) bond motifs is 1. The monoisotopic (exact) mass is 544 g/mol. The van der Waals surface area contributed by atoms with Crippen LogP contribution in [0, 0.1) is 0 Å². The van der Waals surface area contributed by atoms with Gasteiger partial charge in [-0.05, 0) is 30.3 Å². The van der Waals surface area contributed by atoms with Crippen molar-refractivity contribution >= 4 is 32.4 Å². The minimum atomic E-state index is -4.74. The fourth-order valence-corrected chi connectivity index (χ4v) is 4.08. The van der Waals surface area contributed by atoms with E-state index in [1.54, 1.807) is 0 Å². The van der Waals surface area contributed by atoms with Crippen molar-refractivity contribution in [3.8, 4) is 11.3 Å². The highest BCUT2D eigenvalue weighted by atomic mass is 32.2. The zero-order chi connectivity index (χ0) is 27.0. The maximum Gasteiger partial charge on any atom is 0.433 e. The number of hydrogen-bond acceptors (Lipinski definition) is 9. The largest absolute Gasteiger partial charge is 0.433 e. The second kappa shape index (κ2) is 9.51. The Morgan fingerprint density at radius 3 is 2.32 bits per heavy atom. The molecule has 4 heterocycles. The lowest BCUT2D eigenvalue weighted by molar-refractivity contribution is -0.141. The minimum Gasteiger partial charge on any atom is -0.368 e. The van der Waals surface area contributed by atoms with E-state index in [1.165, 1.54) is 0 Å². The molecule has 16 heteroatoms. The van der Waals surface area contributed by atoms with Crippen LogP contribution < -0.4 is 5.32 Å². The van der Waals surface area contributed by atoms with Crippen LogP contribution in [-0.2, 0) is 26.9 Å². The lowest BCUT2D eigenvalue weighted by atomic mass is 10.1. The molecule has 0 atom stereocenters. The van der Waals surface area contributed by atoms with Crippen LogP contribution in [0.15, 0.2) is 54.1 Å². The third kappa shape index (κ3) is 5.59. The van der Waals surface area contributed by atoms with Crippen molar-refractivity contribution in [1.29, 1.82) is 0 Å². The molecular formula is C21H14F6N6O3S. The number of hydrogen-bond donors (Lipinski definition) is 1. The number of anilines is 2. The molecule has 0 aliphatic heterocycles. The first kappa shape index (κ1) is 26.2. The van der Waals surface area contributed by atoms with Crippen molar-refractivity contribution in [1.82, 2.24) is 24.9 Å². The summed E-state index contributed by atoms with van der Waals surface area (Å²) < 4.78 is 109. The number of halogens is 6. The van der Waals surface area contributed by atoms with Gasteiger partial charge in [0.1, 0.15) is 11.2 Å². The van der Waals surface area contributed by atoms with Crippen LogP contribution in [0.3, 0.4) is 0 Å². The third-order valence-corrected chi connectivity index (χ3v) is 6.05. The number of sulfone groups is 1. The molecule has 0 saturated heterocycles. The van der Waals surface area contributed by atoms with Crippen LogP contribution in [0.2, 0.25) is 0 Å². The Kier molecular flexibility index (Phi) is 6.72. The highest BCUT2D eigenvalue weighted by molar-refractivity contribution is 7.91. The van der Waals surface area contributed by atoms with Gasteiger partial charge in [0, 0.05) is 25.1 Å². The first-order valence-electron chi connectivity index (χ1n) is 10.0. The number of nitrogens with one attached hydrogen (secondary N) is 1. The van der Waals surface area contributed by atoms with Crippen molar-refractivity contribution in [3.63, 3.8) is 0 Å². The first-order chi connectivity index (χ1) is 17.3. The molecule has 0 bridgehead atoms. The number of aromatic nitrogens is 5. The quantitative estimate of drug-likeness (QED) is 0.273. The predicted octanol–water partition coefficient (Wildman–Crippen LogP) is 4.64. The lowest BCUT2D eigenvalue weighted by Crippen LogP contribution is -2.14. The van der Waals surface area contributed by atoms with Crippen LogP contribution in [0.4, 0.5) is 37.8 Å². The summed E-state index contributed by atoms with van der Waals surface area (Å²) in [7, 11) is -3.11. The van der Waals surface area contributed by atoms with E-state index in [9.17, 15) is 34.8 Å². The van der Waals surface area contributed by atoms with E-state index in [-0.39, 0.29) is 28.1 Å². The summed E-state index contributed by atoms with van der Waals surface area (Å²) in [6.07, 6.45) is -6.37. The van der Waals surface area contributed by atoms with E-state index in [0.717, 1.165) is 50.0 Å². The number of rotatable bonds is 6. The fourth-order valence-electron chi connectivity index (χ4n) is 3.20. The first-order valence-corrected chi connectivity index (χ1v) is 11.7. The molecule has 0 fully saturated rings. The molecule has 0 amide bonds. The van der Waals surface area contributed by atoms with E-state index >= 15 is 0 Å². The Morgan fingerprint density at radius 2 is 1.70 bits per heavy atom. The predicted molar refractivity (Wildman–Crippen MR) is 117 cm³/mol. The van der Waals surface area contributed by atoms with Crippen molar-refractivity contribution in [2.45, 2.75) is 17.5 Å². The van der Waals surface area contributed by atoms with E-state index in [4.69, 9.17) is 0 Å². The molecule has 0 saturated carbocycles. The number of nitrogens with zero attached hydrogens (tertiary/aromatic N) is 5.